The summed E-state index contributed by atoms with van der Waals surface area (Å²) in [5.41, 5.74) is 9.96. The molecule has 2 unspecified atom stereocenters. The van der Waals surface area contributed by atoms with Crippen LogP contribution in [0.3, 0.4) is 0 Å². The van der Waals surface area contributed by atoms with Gasteiger partial charge in [0, 0.05) is 5.56 Å². The number of methoxy groups -OCH3 is 1. The minimum absolute atomic E-state index is 0.115. The van der Waals surface area contributed by atoms with Crippen LogP contribution in [0.1, 0.15) is 28.8 Å². The summed E-state index contributed by atoms with van der Waals surface area (Å²) in [5.74, 6) is 0.812. The molecule has 0 amide bonds. The van der Waals surface area contributed by atoms with Gasteiger partial charge in [-0.3, -0.25) is 0 Å². The van der Waals surface area contributed by atoms with Gasteiger partial charge >= 0.3 is 0 Å². The number of hydrogen-bond acceptors (Lipinski definition) is 3. The predicted octanol–water partition coefficient (Wildman–Crippen LogP) is 3.01. The summed E-state index contributed by atoms with van der Waals surface area (Å²) >= 11 is 0. The Hall–Kier alpha value is -1.84. The van der Waals surface area contributed by atoms with Crippen LogP contribution in [0.2, 0.25) is 0 Å². The maximum atomic E-state index is 6.46. The second kappa shape index (κ2) is 5.65. The molecule has 2 aromatic rings. The van der Waals surface area contributed by atoms with Gasteiger partial charge in [0.1, 0.15) is 11.9 Å². The Morgan fingerprint density at radius 2 is 1.90 bits per heavy atom. The molecule has 2 N–H and O–H groups in total. The van der Waals surface area contributed by atoms with Crippen LogP contribution >= 0.6 is 0 Å². The van der Waals surface area contributed by atoms with E-state index < -0.39 is 0 Å². The van der Waals surface area contributed by atoms with Crippen molar-refractivity contribution in [2.45, 2.75) is 18.6 Å². The maximum absolute atomic E-state index is 6.46. The van der Waals surface area contributed by atoms with Crippen LogP contribution in [0.25, 0.3) is 0 Å². The third-order valence-electron chi connectivity index (χ3n) is 3.85. The fraction of sp³-hybridized carbons (Fsp3) is 0.294. The van der Waals surface area contributed by atoms with Crippen molar-refractivity contribution in [3.8, 4) is 5.75 Å². The molecule has 2 atom stereocenters. The molecule has 0 radical (unpaired) electrons. The first-order valence-corrected chi connectivity index (χ1v) is 6.89. The monoisotopic (exact) mass is 269 g/mol. The van der Waals surface area contributed by atoms with E-state index in [-0.39, 0.29) is 12.1 Å². The van der Waals surface area contributed by atoms with Gasteiger partial charge in [0.15, 0.2) is 0 Å². The van der Waals surface area contributed by atoms with Crippen molar-refractivity contribution in [2.24, 2.45) is 5.73 Å². The van der Waals surface area contributed by atoms with Gasteiger partial charge in [0.25, 0.3) is 0 Å². The Balaban J connectivity index is 1.97. The lowest BCUT2D eigenvalue weighted by atomic mass is 9.90. The number of para-hydroxylation sites is 1. The van der Waals surface area contributed by atoms with Crippen molar-refractivity contribution in [1.29, 1.82) is 0 Å². The van der Waals surface area contributed by atoms with Gasteiger partial charge in [-0.1, -0.05) is 42.5 Å². The van der Waals surface area contributed by atoms with Gasteiger partial charge in [0.2, 0.25) is 0 Å². The smallest absolute Gasteiger partial charge is 0.123 e. The van der Waals surface area contributed by atoms with E-state index in [1.807, 2.05) is 30.3 Å². The first-order valence-electron chi connectivity index (χ1n) is 6.89. The Kier molecular flexibility index (Phi) is 3.72. The predicted molar refractivity (Wildman–Crippen MR) is 78.8 cm³/mol. The highest BCUT2D eigenvalue weighted by Gasteiger charge is 2.28. The van der Waals surface area contributed by atoms with Crippen LogP contribution in [0.4, 0.5) is 0 Å². The van der Waals surface area contributed by atoms with E-state index in [0.717, 1.165) is 17.7 Å². The van der Waals surface area contributed by atoms with E-state index in [0.29, 0.717) is 6.61 Å². The molecule has 0 aromatic heterocycles. The fourth-order valence-corrected chi connectivity index (χ4v) is 2.83. The van der Waals surface area contributed by atoms with Crippen LogP contribution in [0, 0.1) is 0 Å². The molecule has 1 aliphatic rings. The van der Waals surface area contributed by atoms with E-state index in [1.165, 1.54) is 11.1 Å². The van der Waals surface area contributed by atoms with Crippen molar-refractivity contribution in [1.82, 2.24) is 0 Å². The quantitative estimate of drug-likeness (QED) is 0.931. The second-order valence-electron chi connectivity index (χ2n) is 5.01. The van der Waals surface area contributed by atoms with Crippen LogP contribution in [0.15, 0.2) is 48.5 Å². The number of ether oxygens (including phenoxy) is 2. The molecular weight excluding hydrogens is 250 g/mol. The fourth-order valence-electron chi connectivity index (χ4n) is 2.83. The molecule has 0 spiro atoms. The van der Waals surface area contributed by atoms with Crippen molar-refractivity contribution in [3.05, 3.63) is 65.2 Å². The van der Waals surface area contributed by atoms with Crippen molar-refractivity contribution < 1.29 is 9.47 Å². The average Bonchev–Trinajstić information content (AvgIpc) is 2.53. The van der Waals surface area contributed by atoms with Crippen LogP contribution in [0.5, 0.6) is 5.75 Å². The third-order valence-corrected chi connectivity index (χ3v) is 3.85. The summed E-state index contributed by atoms with van der Waals surface area (Å²) in [6, 6.07) is 16.0. The number of fused-ring (bicyclic) bond motifs is 1. The molecule has 1 aliphatic heterocycles. The molecule has 0 bridgehead atoms. The first kappa shape index (κ1) is 13.2. The van der Waals surface area contributed by atoms with Gasteiger partial charge in [-0.25, -0.2) is 0 Å². The molecule has 0 saturated carbocycles. The zero-order valence-electron chi connectivity index (χ0n) is 11.6. The third kappa shape index (κ3) is 2.30. The highest BCUT2D eigenvalue weighted by atomic mass is 16.5. The van der Waals surface area contributed by atoms with E-state index in [9.17, 15) is 0 Å². The summed E-state index contributed by atoms with van der Waals surface area (Å²) in [5, 5.41) is 0. The van der Waals surface area contributed by atoms with E-state index in [1.54, 1.807) is 7.11 Å². The van der Waals surface area contributed by atoms with Crippen LogP contribution in [-0.4, -0.2) is 13.7 Å². The molecule has 1 heterocycles. The Morgan fingerprint density at radius 1 is 1.15 bits per heavy atom. The van der Waals surface area contributed by atoms with Crippen molar-refractivity contribution in [2.75, 3.05) is 13.7 Å². The zero-order chi connectivity index (χ0) is 13.9. The van der Waals surface area contributed by atoms with Crippen molar-refractivity contribution in [3.63, 3.8) is 0 Å². The molecule has 0 fully saturated rings. The van der Waals surface area contributed by atoms with E-state index in [4.69, 9.17) is 15.2 Å². The molecule has 2 aromatic carbocycles. The van der Waals surface area contributed by atoms with Gasteiger partial charge < -0.3 is 15.2 Å². The van der Waals surface area contributed by atoms with Gasteiger partial charge in [-0.05, 0) is 23.6 Å². The zero-order valence-corrected chi connectivity index (χ0v) is 11.6. The normalized spacial score (nSPS) is 19.2. The summed E-state index contributed by atoms with van der Waals surface area (Å²) in [6.45, 7) is 0.713. The number of rotatable bonds is 3. The minimum atomic E-state index is -0.229. The highest BCUT2D eigenvalue weighted by molar-refractivity contribution is 5.40. The van der Waals surface area contributed by atoms with Crippen LogP contribution in [-0.2, 0) is 11.2 Å². The molecule has 3 heteroatoms. The largest absolute Gasteiger partial charge is 0.496 e. The average molecular weight is 269 g/mol. The number of hydrogen-bond donors (Lipinski definition) is 1. The molecule has 0 aliphatic carbocycles. The molecular formula is C17H19NO2. The molecule has 3 rings (SSSR count). The van der Waals surface area contributed by atoms with E-state index >= 15 is 0 Å². The van der Waals surface area contributed by atoms with Gasteiger partial charge in [-0.2, -0.15) is 0 Å². The lowest BCUT2D eigenvalue weighted by Gasteiger charge is -2.31. The molecule has 3 nitrogen and oxygen atoms in total. The highest BCUT2D eigenvalue weighted by Crippen LogP contribution is 2.38. The second-order valence-corrected chi connectivity index (χ2v) is 5.01. The van der Waals surface area contributed by atoms with Crippen LogP contribution < -0.4 is 10.5 Å². The Morgan fingerprint density at radius 3 is 2.75 bits per heavy atom. The summed E-state index contributed by atoms with van der Waals surface area (Å²) in [6.07, 6.45) is 0.835. The molecule has 20 heavy (non-hydrogen) atoms. The lowest BCUT2D eigenvalue weighted by Crippen LogP contribution is -2.27. The molecule has 104 valence electrons. The maximum Gasteiger partial charge on any atom is 0.123 e. The minimum Gasteiger partial charge on any atom is -0.496 e. The first-order chi connectivity index (χ1) is 9.81. The number of nitrogens with two attached hydrogens (primary N) is 1. The van der Waals surface area contributed by atoms with Gasteiger partial charge in [-0.15, -0.1) is 0 Å². The topological polar surface area (TPSA) is 44.5 Å². The van der Waals surface area contributed by atoms with Gasteiger partial charge in [0.05, 0.1) is 19.8 Å². The van der Waals surface area contributed by atoms with E-state index in [2.05, 4.69) is 18.2 Å². The lowest BCUT2D eigenvalue weighted by molar-refractivity contribution is 0.0236. The standard InChI is InChI=1S/C17H19NO2/c1-19-15-9-5-4-8-14(15)16(18)17-13-7-3-2-6-12(13)10-11-20-17/h2-9,16-17H,10-11,18H2,1H3. The number of benzene rings is 2. The summed E-state index contributed by atoms with van der Waals surface area (Å²) in [7, 11) is 1.67. The summed E-state index contributed by atoms with van der Waals surface area (Å²) in [4.78, 5) is 0. The van der Waals surface area contributed by atoms with Crippen molar-refractivity contribution >= 4 is 0 Å². The SMILES string of the molecule is COc1ccccc1C(N)C1OCCc2ccccc21. The molecule has 0 saturated heterocycles. The Labute approximate surface area is 119 Å². The Bertz CT molecular complexity index is 597. The summed E-state index contributed by atoms with van der Waals surface area (Å²) < 4.78 is 11.3.